The van der Waals surface area contributed by atoms with E-state index in [1.807, 2.05) is 30.3 Å². The summed E-state index contributed by atoms with van der Waals surface area (Å²) in [6, 6.07) is 16.3. The summed E-state index contributed by atoms with van der Waals surface area (Å²) in [5, 5.41) is 3.34. The first-order valence-electron chi connectivity index (χ1n) is 10.5. The summed E-state index contributed by atoms with van der Waals surface area (Å²) in [5.74, 6) is 1.77. The number of nitrogens with zero attached hydrogens (tertiary/aromatic N) is 2. The SMILES string of the molecule is COc1ccc(CNc2ccc3c(n2)CC[C@H]3N2C(=O)c3ccccc3C2=O)c(OC)c1. The molecule has 1 atom stereocenters. The van der Waals surface area contributed by atoms with Crippen LogP contribution in [0.1, 0.15) is 50.0 Å². The fraction of sp³-hybridized carbons (Fsp3) is 0.240. The number of aromatic nitrogens is 1. The van der Waals surface area contributed by atoms with E-state index in [9.17, 15) is 9.59 Å². The van der Waals surface area contributed by atoms with Crippen LogP contribution in [0.5, 0.6) is 11.5 Å². The largest absolute Gasteiger partial charge is 0.497 e. The van der Waals surface area contributed by atoms with Crippen LogP contribution < -0.4 is 14.8 Å². The molecule has 7 nitrogen and oxygen atoms in total. The van der Waals surface area contributed by atoms with E-state index < -0.39 is 0 Å². The summed E-state index contributed by atoms with van der Waals surface area (Å²) >= 11 is 0. The number of carbonyl (C=O) groups is 2. The van der Waals surface area contributed by atoms with Gasteiger partial charge >= 0.3 is 0 Å². The summed E-state index contributed by atoms with van der Waals surface area (Å²) in [7, 11) is 3.25. The van der Waals surface area contributed by atoms with Crippen molar-refractivity contribution in [3.63, 3.8) is 0 Å². The van der Waals surface area contributed by atoms with Crippen molar-refractivity contribution in [3.05, 3.63) is 82.5 Å². The molecule has 2 aliphatic rings. The van der Waals surface area contributed by atoms with E-state index in [0.717, 1.165) is 40.6 Å². The van der Waals surface area contributed by atoms with E-state index in [-0.39, 0.29) is 17.9 Å². The quantitative estimate of drug-likeness (QED) is 0.597. The number of imide groups is 1. The number of anilines is 1. The maximum Gasteiger partial charge on any atom is 0.262 e. The lowest BCUT2D eigenvalue weighted by Gasteiger charge is -2.22. The number of benzene rings is 2. The fourth-order valence-electron chi connectivity index (χ4n) is 4.49. The van der Waals surface area contributed by atoms with Gasteiger partial charge in [-0.3, -0.25) is 14.5 Å². The van der Waals surface area contributed by atoms with Crippen molar-refractivity contribution in [3.8, 4) is 11.5 Å². The lowest BCUT2D eigenvalue weighted by atomic mass is 10.1. The molecule has 0 saturated carbocycles. The molecule has 162 valence electrons. The van der Waals surface area contributed by atoms with Gasteiger partial charge in [-0.2, -0.15) is 0 Å². The van der Waals surface area contributed by atoms with E-state index in [1.165, 1.54) is 4.90 Å². The molecule has 7 heteroatoms. The molecule has 0 radical (unpaired) electrons. The van der Waals surface area contributed by atoms with Gasteiger partial charge in [0.2, 0.25) is 0 Å². The molecule has 1 aliphatic heterocycles. The van der Waals surface area contributed by atoms with E-state index in [0.29, 0.717) is 24.1 Å². The average molecular weight is 429 g/mol. The molecule has 0 bridgehead atoms. The Hall–Kier alpha value is -3.87. The Bertz CT molecular complexity index is 1190. The molecule has 32 heavy (non-hydrogen) atoms. The second-order valence-corrected chi connectivity index (χ2v) is 7.84. The van der Waals surface area contributed by atoms with Gasteiger partial charge in [0.25, 0.3) is 11.8 Å². The molecule has 1 N–H and O–H groups in total. The number of methoxy groups -OCH3 is 2. The van der Waals surface area contributed by atoms with Gasteiger partial charge in [-0.05, 0) is 48.7 Å². The van der Waals surface area contributed by atoms with Crippen molar-refractivity contribution in [2.45, 2.75) is 25.4 Å². The predicted octanol–water partition coefficient (Wildman–Crippen LogP) is 3.99. The van der Waals surface area contributed by atoms with E-state index in [1.54, 1.807) is 38.5 Å². The highest BCUT2D eigenvalue weighted by Crippen LogP contribution is 2.40. The zero-order chi connectivity index (χ0) is 22.2. The van der Waals surface area contributed by atoms with Gasteiger partial charge in [0.1, 0.15) is 17.3 Å². The van der Waals surface area contributed by atoms with Gasteiger partial charge in [0.15, 0.2) is 0 Å². The molecule has 0 saturated heterocycles. The van der Waals surface area contributed by atoms with E-state index >= 15 is 0 Å². The Labute approximate surface area is 186 Å². The molecule has 3 aromatic rings. The first kappa shape index (κ1) is 20.1. The number of fused-ring (bicyclic) bond motifs is 2. The Morgan fingerprint density at radius 3 is 2.44 bits per heavy atom. The molecule has 5 rings (SSSR count). The number of nitrogens with one attached hydrogen (secondary N) is 1. The Balaban J connectivity index is 1.34. The van der Waals surface area contributed by atoms with E-state index in [2.05, 4.69) is 5.32 Å². The normalized spacial score (nSPS) is 16.7. The van der Waals surface area contributed by atoms with Gasteiger partial charge < -0.3 is 14.8 Å². The van der Waals surface area contributed by atoms with Crippen molar-refractivity contribution in [2.24, 2.45) is 0 Å². The van der Waals surface area contributed by atoms with Crippen LogP contribution in [0.15, 0.2) is 54.6 Å². The molecule has 0 unspecified atom stereocenters. The number of amides is 2. The standard InChI is InChI=1S/C25H23N3O4/c1-31-16-8-7-15(22(13-16)32-2)14-26-23-12-9-19-20(27-23)10-11-21(19)28-24(29)17-5-3-4-6-18(17)25(28)30/h3-9,12-13,21H,10-11,14H2,1-2H3,(H,26,27)/t21-/m1/s1. The number of hydrogen-bond acceptors (Lipinski definition) is 6. The van der Waals surface area contributed by atoms with Crippen molar-refractivity contribution in [2.75, 3.05) is 19.5 Å². The van der Waals surface area contributed by atoms with Gasteiger partial charge in [0, 0.05) is 23.9 Å². The first-order valence-corrected chi connectivity index (χ1v) is 10.5. The van der Waals surface area contributed by atoms with Gasteiger partial charge in [0.05, 0.1) is 31.4 Å². The summed E-state index contributed by atoms with van der Waals surface area (Å²) in [6.45, 7) is 0.542. The van der Waals surface area contributed by atoms with Crippen molar-refractivity contribution in [1.29, 1.82) is 0 Å². The van der Waals surface area contributed by atoms with Crippen LogP contribution >= 0.6 is 0 Å². The zero-order valence-corrected chi connectivity index (χ0v) is 17.9. The molecule has 0 fully saturated rings. The number of carbonyl (C=O) groups excluding carboxylic acids is 2. The fourth-order valence-corrected chi connectivity index (χ4v) is 4.49. The molecule has 2 aromatic carbocycles. The molecule has 2 amide bonds. The molecule has 1 aliphatic carbocycles. The topological polar surface area (TPSA) is 80.8 Å². The Kier molecular flexibility index (Phi) is 5.01. The highest BCUT2D eigenvalue weighted by molar-refractivity contribution is 6.21. The lowest BCUT2D eigenvalue weighted by molar-refractivity contribution is 0.0582. The number of ether oxygens (including phenoxy) is 2. The van der Waals surface area contributed by atoms with Crippen LogP contribution in [0.4, 0.5) is 5.82 Å². The molecular weight excluding hydrogens is 406 g/mol. The van der Waals surface area contributed by atoms with Gasteiger partial charge in [-0.25, -0.2) is 4.98 Å². The maximum absolute atomic E-state index is 12.9. The summed E-state index contributed by atoms with van der Waals surface area (Å²) in [5.41, 5.74) is 3.79. The Morgan fingerprint density at radius 1 is 1.00 bits per heavy atom. The minimum Gasteiger partial charge on any atom is -0.497 e. The predicted molar refractivity (Wildman–Crippen MR) is 119 cm³/mol. The summed E-state index contributed by atoms with van der Waals surface area (Å²) < 4.78 is 10.7. The second kappa shape index (κ2) is 8.00. The van der Waals surface area contributed by atoms with E-state index in [4.69, 9.17) is 14.5 Å². The van der Waals surface area contributed by atoms with Crippen LogP contribution in [0.3, 0.4) is 0 Å². The monoisotopic (exact) mass is 429 g/mol. The Morgan fingerprint density at radius 2 is 1.75 bits per heavy atom. The van der Waals surface area contributed by atoms with Gasteiger partial charge in [-0.1, -0.05) is 18.2 Å². The smallest absolute Gasteiger partial charge is 0.262 e. The van der Waals surface area contributed by atoms with Crippen molar-refractivity contribution >= 4 is 17.6 Å². The highest BCUT2D eigenvalue weighted by Gasteiger charge is 2.42. The van der Waals surface area contributed by atoms with Crippen LogP contribution in [-0.4, -0.2) is 35.9 Å². The molecule has 1 aromatic heterocycles. The summed E-state index contributed by atoms with van der Waals surface area (Å²) in [4.78, 5) is 31.9. The molecular formula is C25H23N3O4. The number of pyridine rings is 1. The van der Waals surface area contributed by atoms with Gasteiger partial charge in [-0.15, -0.1) is 0 Å². The summed E-state index contributed by atoms with van der Waals surface area (Å²) in [6.07, 6.45) is 1.40. The number of hydrogen-bond donors (Lipinski definition) is 1. The minimum atomic E-state index is -0.277. The second-order valence-electron chi connectivity index (χ2n) is 7.84. The highest BCUT2D eigenvalue weighted by atomic mass is 16.5. The number of aryl methyl sites for hydroxylation is 1. The third kappa shape index (κ3) is 3.26. The maximum atomic E-state index is 12.9. The van der Waals surface area contributed by atoms with Crippen molar-refractivity contribution < 1.29 is 19.1 Å². The molecule has 2 heterocycles. The average Bonchev–Trinajstić information content (AvgIpc) is 3.35. The van der Waals surface area contributed by atoms with Crippen molar-refractivity contribution in [1.82, 2.24) is 9.88 Å². The first-order chi connectivity index (χ1) is 15.6. The van der Waals surface area contributed by atoms with Crippen LogP contribution in [0.25, 0.3) is 0 Å². The van der Waals surface area contributed by atoms with Crippen LogP contribution in [0, 0.1) is 0 Å². The third-order valence-corrected chi connectivity index (χ3v) is 6.11. The third-order valence-electron chi connectivity index (χ3n) is 6.11. The zero-order valence-electron chi connectivity index (χ0n) is 17.9. The van der Waals surface area contributed by atoms with Crippen LogP contribution in [0.2, 0.25) is 0 Å². The molecule has 0 spiro atoms. The lowest BCUT2D eigenvalue weighted by Crippen LogP contribution is -2.33. The minimum absolute atomic E-state index is 0.225. The number of rotatable bonds is 6. The van der Waals surface area contributed by atoms with Crippen LogP contribution in [-0.2, 0) is 13.0 Å².